The first kappa shape index (κ1) is 17.4. The maximum absolute atomic E-state index is 10.1. The maximum atomic E-state index is 10.1. The molecule has 0 unspecified atom stereocenters. The SMILES string of the molecule is O=CCCCCCCCC=COCOCc1ccccc1. The second-order valence-corrected chi connectivity index (χ2v) is 5.00. The molecule has 1 aromatic carbocycles. The summed E-state index contributed by atoms with van der Waals surface area (Å²) in [5.74, 6) is 0. The molecule has 0 bridgehead atoms. The fourth-order valence-corrected chi connectivity index (χ4v) is 1.98. The summed E-state index contributed by atoms with van der Waals surface area (Å²) in [6.07, 6.45) is 12.3. The fourth-order valence-electron chi connectivity index (χ4n) is 1.98. The van der Waals surface area contributed by atoms with Crippen LogP contribution in [0, 0.1) is 0 Å². The first-order chi connectivity index (χ1) is 10.4. The van der Waals surface area contributed by atoms with Gasteiger partial charge in [0.15, 0.2) is 6.79 Å². The number of hydrogen-bond donors (Lipinski definition) is 0. The molecule has 0 saturated heterocycles. The van der Waals surface area contributed by atoms with Gasteiger partial charge in [0.1, 0.15) is 6.29 Å². The summed E-state index contributed by atoms with van der Waals surface area (Å²) in [4.78, 5) is 10.1. The molecule has 0 heterocycles. The van der Waals surface area contributed by atoms with Gasteiger partial charge in [0.25, 0.3) is 0 Å². The Morgan fingerprint density at radius 2 is 1.62 bits per heavy atom. The molecular formula is C18H26O3. The van der Waals surface area contributed by atoms with E-state index in [0.717, 1.165) is 31.1 Å². The molecule has 3 heteroatoms. The van der Waals surface area contributed by atoms with Gasteiger partial charge in [-0.3, -0.25) is 0 Å². The average Bonchev–Trinajstić information content (AvgIpc) is 2.53. The van der Waals surface area contributed by atoms with Crippen molar-refractivity contribution in [2.45, 2.75) is 51.6 Å². The summed E-state index contributed by atoms with van der Waals surface area (Å²) in [6.45, 7) is 0.868. The number of hydrogen-bond acceptors (Lipinski definition) is 3. The normalized spacial score (nSPS) is 10.9. The van der Waals surface area contributed by atoms with Gasteiger partial charge >= 0.3 is 0 Å². The summed E-state index contributed by atoms with van der Waals surface area (Å²) >= 11 is 0. The minimum Gasteiger partial charge on any atom is -0.475 e. The average molecular weight is 290 g/mol. The highest BCUT2D eigenvalue weighted by molar-refractivity contribution is 5.48. The van der Waals surface area contributed by atoms with Gasteiger partial charge in [0.05, 0.1) is 12.9 Å². The zero-order valence-corrected chi connectivity index (χ0v) is 12.7. The molecule has 0 radical (unpaired) electrons. The lowest BCUT2D eigenvalue weighted by Gasteiger charge is -2.03. The number of allylic oxidation sites excluding steroid dienone is 1. The zero-order valence-electron chi connectivity index (χ0n) is 12.7. The van der Waals surface area contributed by atoms with E-state index in [2.05, 4.69) is 0 Å². The van der Waals surface area contributed by atoms with Crippen molar-refractivity contribution in [1.82, 2.24) is 0 Å². The molecule has 0 aliphatic rings. The maximum Gasteiger partial charge on any atom is 0.188 e. The van der Waals surface area contributed by atoms with Gasteiger partial charge in [-0.15, -0.1) is 0 Å². The molecule has 116 valence electrons. The molecule has 0 amide bonds. The van der Waals surface area contributed by atoms with E-state index in [9.17, 15) is 4.79 Å². The second kappa shape index (κ2) is 13.4. The Hall–Kier alpha value is -1.61. The minimum absolute atomic E-state index is 0.289. The van der Waals surface area contributed by atoms with Crippen LogP contribution in [-0.2, 0) is 20.9 Å². The van der Waals surface area contributed by atoms with Crippen molar-refractivity contribution in [3.05, 3.63) is 48.2 Å². The lowest BCUT2D eigenvalue weighted by Crippen LogP contribution is -1.96. The number of rotatable bonds is 13. The van der Waals surface area contributed by atoms with Crippen molar-refractivity contribution in [3.8, 4) is 0 Å². The lowest BCUT2D eigenvalue weighted by molar-refractivity contribution is -0.107. The smallest absolute Gasteiger partial charge is 0.188 e. The van der Waals surface area contributed by atoms with Crippen molar-refractivity contribution >= 4 is 6.29 Å². The lowest BCUT2D eigenvalue weighted by atomic mass is 10.1. The first-order valence-corrected chi connectivity index (χ1v) is 7.75. The van der Waals surface area contributed by atoms with E-state index in [1.165, 1.54) is 19.3 Å². The van der Waals surface area contributed by atoms with Crippen LogP contribution in [-0.4, -0.2) is 13.1 Å². The van der Waals surface area contributed by atoms with Crippen LogP contribution in [0.2, 0.25) is 0 Å². The number of aldehydes is 1. The third-order valence-electron chi connectivity index (χ3n) is 3.15. The minimum atomic E-state index is 0.289. The van der Waals surface area contributed by atoms with E-state index in [1.807, 2.05) is 36.4 Å². The summed E-state index contributed by atoms with van der Waals surface area (Å²) in [5.41, 5.74) is 1.15. The van der Waals surface area contributed by atoms with Gasteiger partial charge < -0.3 is 14.3 Å². The molecule has 0 atom stereocenters. The van der Waals surface area contributed by atoms with Crippen molar-refractivity contribution in [2.75, 3.05) is 6.79 Å². The number of benzene rings is 1. The van der Waals surface area contributed by atoms with Crippen molar-refractivity contribution in [2.24, 2.45) is 0 Å². The Morgan fingerprint density at radius 1 is 0.905 bits per heavy atom. The molecule has 0 aromatic heterocycles. The number of carbonyl (C=O) groups excluding carboxylic acids is 1. The Kier molecular flexibility index (Phi) is 11.1. The van der Waals surface area contributed by atoms with Gasteiger partial charge in [-0.05, 0) is 30.9 Å². The van der Waals surface area contributed by atoms with Crippen molar-refractivity contribution < 1.29 is 14.3 Å². The third kappa shape index (κ3) is 10.8. The molecule has 0 N–H and O–H groups in total. The number of carbonyl (C=O) groups is 1. The Balaban J connectivity index is 1.83. The summed E-state index contributed by atoms with van der Waals surface area (Å²) < 4.78 is 10.7. The molecule has 0 saturated carbocycles. The zero-order chi connectivity index (χ0) is 15.0. The number of ether oxygens (including phenoxy) is 2. The van der Waals surface area contributed by atoms with Crippen LogP contribution in [0.15, 0.2) is 42.7 Å². The molecule has 0 spiro atoms. The van der Waals surface area contributed by atoms with Crippen LogP contribution in [0.25, 0.3) is 0 Å². The number of unbranched alkanes of at least 4 members (excludes halogenated alkanes) is 6. The molecular weight excluding hydrogens is 264 g/mol. The van der Waals surface area contributed by atoms with Gasteiger partial charge in [0.2, 0.25) is 0 Å². The van der Waals surface area contributed by atoms with E-state index in [4.69, 9.17) is 9.47 Å². The molecule has 1 aromatic rings. The Morgan fingerprint density at radius 3 is 2.38 bits per heavy atom. The summed E-state index contributed by atoms with van der Waals surface area (Å²) in [6, 6.07) is 10.1. The largest absolute Gasteiger partial charge is 0.475 e. The highest BCUT2D eigenvalue weighted by Crippen LogP contribution is 2.07. The van der Waals surface area contributed by atoms with Gasteiger partial charge in [-0.1, -0.05) is 49.6 Å². The molecule has 1 rings (SSSR count). The van der Waals surface area contributed by atoms with Gasteiger partial charge in [0, 0.05) is 6.42 Å². The standard InChI is InChI=1S/C18H26O3/c19-14-10-5-3-1-2-4-6-11-15-20-17-21-16-18-12-8-7-9-13-18/h7-9,11-15H,1-6,10,16-17H2. The van der Waals surface area contributed by atoms with Crippen molar-refractivity contribution in [3.63, 3.8) is 0 Å². The topological polar surface area (TPSA) is 35.5 Å². The molecule has 0 fully saturated rings. The molecule has 0 aliphatic carbocycles. The third-order valence-corrected chi connectivity index (χ3v) is 3.15. The Bertz CT molecular complexity index is 373. The highest BCUT2D eigenvalue weighted by atomic mass is 16.7. The highest BCUT2D eigenvalue weighted by Gasteiger charge is 1.91. The van der Waals surface area contributed by atoms with E-state index in [-0.39, 0.29) is 6.79 Å². The summed E-state index contributed by atoms with van der Waals surface area (Å²) in [5, 5.41) is 0. The van der Waals surface area contributed by atoms with E-state index < -0.39 is 0 Å². The summed E-state index contributed by atoms with van der Waals surface area (Å²) in [7, 11) is 0. The van der Waals surface area contributed by atoms with Crippen LogP contribution in [0.3, 0.4) is 0 Å². The van der Waals surface area contributed by atoms with Crippen LogP contribution in [0.5, 0.6) is 0 Å². The van der Waals surface area contributed by atoms with Crippen LogP contribution in [0.1, 0.15) is 50.5 Å². The molecule has 0 aliphatic heterocycles. The van der Waals surface area contributed by atoms with Crippen LogP contribution in [0.4, 0.5) is 0 Å². The van der Waals surface area contributed by atoms with E-state index in [1.54, 1.807) is 6.26 Å². The monoisotopic (exact) mass is 290 g/mol. The predicted molar refractivity (Wildman–Crippen MR) is 84.7 cm³/mol. The fraction of sp³-hybridized carbons (Fsp3) is 0.500. The second-order valence-electron chi connectivity index (χ2n) is 5.00. The molecule has 21 heavy (non-hydrogen) atoms. The first-order valence-electron chi connectivity index (χ1n) is 7.75. The Labute approximate surface area is 128 Å². The molecule has 3 nitrogen and oxygen atoms in total. The van der Waals surface area contributed by atoms with Gasteiger partial charge in [-0.25, -0.2) is 0 Å². The van der Waals surface area contributed by atoms with Crippen molar-refractivity contribution in [1.29, 1.82) is 0 Å². The van der Waals surface area contributed by atoms with Crippen LogP contribution >= 0.6 is 0 Å². The quantitative estimate of drug-likeness (QED) is 0.230. The van der Waals surface area contributed by atoms with Gasteiger partial charge in [-0.2, -0.15) is 0 Å². The van der Waals surface area contributed by atoms with E-state index in [0.29, 0.717) is 13.0 Å². The van der Waals surface area contributed by atoms with Crippen LogP contribution < -0.4 is 0 Å². The predicted octanol–water partition coefficient (Wildman–Crippen LogP) is 4.62. The van der Waals surface area contributed by atoms with E-state index >= 15 is 0 Å².